The predicted molar refractivity (Wildman–Crippen MR) is 97.6 cm³/mol. The smallest absolute Gasteiger partial charge is 0.175 e. The van der Waals surface area contributed by atoms with E-state index in [-0.39, 0.29) is 0 Å². The molecule has 2 nitrogen and oxygen atoms in total. The highest BCUT2D eigenvalue weighted by Crippen LogP contribution is 2.26. The van der Waals surface area contributed by atoms with Gasteiger partial charge in [-0.2, -0.15) is 0 Å². The number of hydrogen-bond acceptors (Lipinski definition) is 1. The molecule has 5 heteroatoms. The topological polar surface area (TPSA) is 24.1 Å². The van der Waals surface area contributed by atoms with Crippen LogP contribution in [0.1, 0.15) is 11.1 Å². The molecule has 0 saturated heterocycles. The number of aryl methyl sites for hydroxylation is 2. The maximum absolute atomic E-state index is 5.34. The lowest BCUT2D eigenvalue weighted by Gasteiger charge is -2.13. The average Bonchev–Trinajstić information content (AvgIpc) is 2.31. The van der Waals surface area contributed by atoms with Crippen molar-refractivity contribution < 1.29 is 0 Å². The molecule has 2 aromatic carbocycles. The third kappa shape index (κ3) is 4.30. The Morgan fingerprint density at radius 2 is 1.60 bits per heavy atom. The maximum Gasteiger partial charge on any atom is 0.175 e. The minimum Gasteiger partial charge on any atom is -0.332 e. The number of hydrogen-bond donors (Lipinski definition) is 2. The van der Waals surface area contributed by atoms with Crippen molar-refractivity contribution in [2.24, 2.45) is 0 Å². The van der Waals surface area contributed by atoms with Gasteiger partial charge < -0.3 is 10.6 Å². The standard InChI is InChI=1S/C15H14Br2N2S/c1-9-5-10(2)7-12(6-9)18-15(20)19-14-4-3-11(16)8-13(14)17/h3-8H,1-2H3,(H2,18,19,20). The number of thiocarbonyl (C=S) groups is 1. The highest BCUT2D eigenvalue weighted by atomic mass is 79.9. The number of anilines is 2. The molecule has 0 unspecified atom stereocenters. The molecule has 0 amide bonds. The summed E-state index contributed by atoms with van der Waals surface area (Å²) in [5.41, 5.74) is 4.34. The second-order valence-corrected chi connectivity index (χ2v) is 6.76. The number of nitrogens with one attached hydrogen (secondary N) is 2. The molecule has 0 saturated carbocycles. The van der Waals surface area contributed by atoms with Crippen LogP contribution in [0.15, 0.2) is 45.3 Å². The zero-order valence-electron chi connectivity index (χ0n) is 11.1. The predicted octanol–water partition coefficient (Wildman–Crippen LogP) is 5.64. The second-order valence-electron chi connectivity index (χ2n) is 4.58. The molecule has 104 valence electrons. The lowest BCUT2D eigenvalue weighted by Crippen LogP contribution is -2.19. The van der Waals surface area contributed by atoms with Gasteiger partial charge in [-0.25, -0.2) is 0 Å². The van der Waals surface area contributed by atoms with Gasteiger partial charge in [-0.05, 0) is 83.5 Å². The molecule has 0 fully saturated rings. The molecule has 0 bridgehead atoms. The van der Waals surface area contributed by atoms with Crippen LogP contribution in [0, 0.1) is 13.8 Å². The fourth-order valence-electron chi connectivity index (χ4n) is 1.92. The Labute approximate surface area is 141 Å². The van der Waals surface area contributed by atoms with Gasteiger partial charge >= 0.3 is 0 Å². The van der Waals surface area contributed by atoms with Crippen molar-refractivity contribution in [1.29, 1.82) is 0 Å². The van der Waals surface area contributed by atoms with Crippen LogP contribution in [0.25, 0.3) is 0 Å². The normalized spacial score (nSPS) is 10.2. The Hall–Kier alpha value is -0.910. The van der Waals surface area contributed by atoms with E-state index in [1.54, 1.807) is 0 Å². The monoisotopic (exact) mass is 412 g/mol. The number of benzene rings is 2. The molecule has 0 aromatic heterocycles. The van der Waals surface area contributed by atoms with Crippen molar-refractivity contribution in [2.45, 2.75) is 13.8 Å². The van der Waals surface area contributed by atoms with Gasteiger partial charge in [0.05, 0.1) is 5.69 Å². The van der Waals surface area contributed by atoms with E-state index in [4.69, 9.17) is 12.2 Å². The summed E-state index contributed by atoms with van der Waals surface area (Å²) in [4.78, 5) is 0. The quantitative estimate of drug-likeness (QED) is 0.623. The summed E-state index contributed by atoms with van der Waals surface area (Å²) < 4.78 is 1.97. The van der Waals surface area contributed by atoms with Crippen molar-refractivity contribution in [3.63, 3.8) is 0 Å². The second kappa shape index (κ2) is 6.70. The van der Waals surface area contributed by atoms with Crippen LogP contribution in [0.4, 0.5) is 11.4 Å². The van der Waals surface area contributed by atoms with Gasteiger partial charge in [0, 0.05) is 14.6 Å². The van der Waals surface area contributed by atoms with E-state index in [1.807, 2.05) is 18.2 Å². The van der Waals surface area contributed by atoms with Crippen molar-refractivity contribution in [1.82, 2.24) is 0 Å². The molecule has 0 heterocycles. The van der Waals surface area contributed by atoms with Gasteiger partial charge in [-0.15, -0.1) is 0 Å². The summed E-state index contributed by atoms with van der Waals surface area (Å²) in [6, 6.07) is 12.2. The summed E-state index contributed by atoms with van der Waals surface area (Å²) >= 11 is 12.3. The summed E-state index contributed by atoms with van der Waals surface area (Å²) in [6.45, 7) is 4.14. The molecular weight excluding hydrogens is 400 g/mol. The molecule has 20 heavy (non-hydrogen) atoms. The molecule has 2 rings (SSSR count). The summed E-state index contributed by atoms with van der Waals surface area (Å²) in [5.74, 6) is 0. The lowest BCUT2D eigenvalue weighted by molar-refractivity contribution is 1.38. The molecule has 2 aromatic rings. The highest BCUT2D eigenvalue weighted by molar-refractivity contribution is 9.11. The number of rotatable bonds is 2. The largest absolute Gasteiger partial charge is 0.332 e. The van der Waals surface area contributed by atoms with E-state index in [0.717, 1.165) is 20.3 Å². The molecule has 0 spiro atoms. The fourth-order valence-corrected chi connectivity index (χ4v) is 3.30. The Kier molecular flexibility index (Phi) is 5.18. The van der Waals surface area contributed by atoms with E-state index in [0.29, 0.717) is 5.11 Å². The average molecular weight is 414 g/mol. The zero-order chi connectivity index (χ0) is 14.7. The molecular formula is C15H14Br2N2S. The van der Waals surface area contributed by atoms with Crippen LogP contribution < -0.4 is 10.6 Å². The first-order chi connectivity index (χ1) is 9.44. The molecule has 0 aliphatic carbocycles. The zero-order valence-corrected chi connectivity index (χ0v) is 15.1. The summed E-state index contributed by atoms with van der Waals surface area (Å²) in [6.07, 6.45) is 0. The third-order valence-corrected chi connectivity index (χ3v) is 4.01. The maximum atomic E-state index is 5.34. The van der Waals surface area contributed by atoms with Crippen LogP contribution >= 0.6 is 44.1 Å². The first-order valence-corrected chi connectivity index (χ1v) is 8.05. The van der Waals surface area contributed by atoms with E-state index in [1.165, 1.54) is 11.1 Å². The van der Waals surface area contributed by atoms with Gasteiger partial charge in [0.15, 0.2) is 5.11 Å². The van der Waals surface area contributed by atoms with Crippen LogP contribution in [-0.4, -0.2) is 5.11 Å². The molecule has 0 atom stereocenters. The van der Waals surface area contributed by atoms with Crippen LogP contribution in [0.5, 0.6) is 0 Å². The van der Waals surface area contributed by atoms with Crippen LogP contribution in [-0.2, 0) is 0 Å². The van der Waals surface area contributed by atoms with Crippen molar-refractivity contribution in [2.75, 3.05) is 10.6 Å². The first kappa shape index (κ1) is 15.5. The molecule has 0 aliphatic heterocycles. The Morgan fingerprint density at radius 3 is 2.20 bits per heavy atom. The van der Waals surface area contributed by atoms with Crippen molar-refractivity contribution >= 4 is 60.6 Å². The van der Waals surface area contributed by atoms with Gasteiger partial charge in [-0.3, -0.25) is 0 Å². The third-order valence-electron chi connectivity index (χ3n) is 2.66. The first-order valence-electron chi connectivity index (χ1n) is 6.05. The lowest BCUT2D eigenvalue weighted by atomic mass is 10.1. The van der Waals surface area contributed by atoms with Gasteiger partial charge in [0.25, 0.3) is 0 Å². The summed E-state index contributed by atoms with van der Waals surface area (Å²) in [7, 11) is 0. The molecule has 2 N–H and O–H groups in total. The Morgan fingerprint density at radius 1 is 0.950 bits per heavy atom. The molecule has 0 radical (unpaired) electrons. The van der Waals surface area contributed by atoms with E-state index < -0.39 is 0 Å². The minimum atomic E-state index is 0.568. The van der Waals surface area contributed by atoms with E-state index in [9.17, 15) is 0 Å². The van der Waals surface area contributed by atoms with E-state index in [2.05, 4.69) is 74.5 Å². The van der Waals surface area contributed by atoms with Crippen molar-refractivity contribution in [3.8, 4) is 0 Å². The fraction of sp³-hybridized carbons (Fsp3) is 0.133. The number of halogens is 2. The van der Waals surface area contributed by atoms with E-state index >= 15 is 0 Å². The van der Waals surface area contributed by atoms with Crippen LogP contribution in [0.2, 0.25) is 0 Å². The van der Waals surface area contributed by atoms with Gasteiger partial charge in [0.1, 0.15) is 0 Å². The Balaban J connectivity index is 2.09. The van der Waals surface area contributed by atoms with Gasteiger partial charge in [-0.1, -0.05) is 22.0 Å². The van der Waals surface area contributed by atoms with Crippen LogP contribution in [0.3, 0.4) is 0 Å². The highest BCUT2D eigenvalue weighted by Gasteiger charge is 2.04. The minimum absolute atomic E-state index is 0.568. The Bertz CT molecular complexity index is 636. The summed E-state index contributed by atoms with van der Waals surface area (Å²) in [5, 5.41) is 6.95. The molecule has 0 aliphatic rings. The SMILES string of the molecule is Cc1cc(C)cc(NC(=S)Nc2ccc(Br)cc2Br)c1. The van der Waals surface area contributed by atoms with Crippen molar-refractivity contribution in [3.05, 3.63) is 56.5 Å². The van der Waals surface area contributed by atoms with Gasteiger partial charge in [0.2, 0.25) is 0 Å².